The van der Waals surface area contributed by atoms with Crippen molar-refractivity contribution in [1.82, 2.24) is 19.5 Å². The zero-order valence-electron chi connectivity index (χ0n) is 16.0. The maximum atomic E-state index is 12.3. The number of hydrogen-bond donors (Lipinski definition) is 5. The quantitative estimate of drug-likeness (QED) is 0.368. The number of nitrogens with one attached hydrogen (secondary N) is 1. The van der Waals surface area contributed by atoms with Gasteiger partial charge < -0.3 is 25.8 Å². The molecule has 4 rings (SSSR count). The molecule has 158 valence electrons. The number of aromatic amines is 1. The van der Waals surface area contributed by atoms with Crippen molar-refractivity contribution < 1.29 is 20.1 Å². The second kappa shape index (κ2) is 7.91. The zero-order chi connectivity index (χ0) is 21.4. The molecular formula is C18H21N7O5. The minimum atomic E-state index is -1.43. The van der Waals surface area contributed by atoms with E-state index in [0.717, 1.165) is 12.0 Å². The predicted octanol–water partition coefficient (Wildman–Crippen LogP) is 0.291. The summed E-state index contributed by atoms with van der Waals surface area (Å²) in [5, 5.41) is 38.2. The number of H-pyrrole nitrogens is 1. The molecule has 1 aliphatic rings. The van der Waals surface area contributed by atoms with Crippen LogP contribution in [0.25, 0.3) is 11.2 Å². The predicted molar refractivity (Wildman–Crippen MR) is 106 cm³/mol. The van der Waals surface area contributed by atoms with Crippen LogP contribution in [-0.4, -0.2) is 59.8 Å². The monoisotopic (exact) mass is 415 g/mol. The van der Waals surface area contributed by atoms with Gasteiger partial charge in [-0.3, -0.25) is 14.3 Å². The molecule has 6 N–H and O–H groups in total. The number of aromatic nitrogens is 4. The summed E-state index contributed by atoms with van der Waals surface area (Å²) in [6, 6.07) is 7.39. The molecule has 0 saturated carbocycles. The number of benzene rings is 1. The fourth-order valence-electron chi connectivity index (χ4n) is 3.29. The lowest BCUT2D eigenvalue weighted by Crippen LogP contribution is -2.33. The number of aliphatic hydroxyl groups excluding tert-OH is 3. The normalized spacial score (nSPS) is 24.3. The summed E-state index contributed by atoms with van der Waals surface area (Å²) >= 11 is 0. The average Bonchev–Trinajstić information content (AvgIpc) is 3.24. The Labute approximate surface area is 169 Å². The van der Waals surface area contributed by atoms with E-state index in [1.54, 1.807) is 12.1 Å². The Kier molecular flexibility index (Phi) is 5.30. The molecule has 0 bridgehead atoms. The summed E-state index contributed by atoms with van der Waals surface area (Å²) in [5.41, 5.74) is 6.65. The molecule has 3 aromatic rings. The lowest BCUT2D eigenvalue weighted by atomic mass is 10.1. The summed E-state index contributed by atoms with van der Waals surface area (Å²) in [5.74, 6) is -0.248. The van der Waals surface area contributed by atoms with Gasteiger partial charge in [0, 0.05) is 0 Å². The largest absolute Gasteiger partial charge is 0.394 e. The van der Waals surface area contributed by atoms with Crippen molar-refractivity contribution >= 4 is 28.7 Å². The molecule has 30 heavy (non-hydrogen) atoms. The van der Waals surface area contributed by atoms with Crippen LogP contribution in [0.2, 0.25) is 0 Å². The van der Waals surface area contributed by atoms with Crippen LogP contribution >= 0.6 is 0 Å². The van der Waals surface area contributed by atoms with Crippen LogP contribution in [0.5, 0.6) is 0 Å². The second-order valence-corrected chi connectivity index (χ2v) is 6.85. The third-order valence-corrected chi connectivity index (χ3v) is 4.92. The van der Waals surface area contributed by atoms with Gasteiger partial charge in [-0.05, 0) is 24.1 Å². The maximum absolute atomic E-state index is 12.3. The molecule has 2 aromatic heterocycles. The highest BCUT2D eigenvalue weighted by molar-refractivity contribution is 5.74. The number of imidazole rings is 1. The lowest BCUT2D eigenvalue weighted by Gasteiger charge is -2.17. The number of nitrogen functional groups attached to an aromatic ring is 1. The van der Waals surface area contributed by atoms with Crippen LogP contribution < -0.4 is 11.3 Å². The van der Waals surface area contributed by atoms with Crippen molar-refractivity contribution in [2.75, 3.05) is 12.3 Å². The highest BCUT2D eigenvalue weighted by Gasteiger charge is 2.45. The Balaban J connectivity index is 1.82. The number of fused-ring (bicyclic) bond motifs is 1. The molecule has 0 aliphatic carbocycles. The topological polar surface area (TPSA) is 184 Å². The van der Waals surface area contributed by atoms with E-state index >= 15 is 0 Å². The Bertz CT molecular complexity index is 1140. The smallest absolute Gasteiger partial charge is 0.280 e. The standard InChI is InChI=1S/C18H21N7O5/c1-2-8-3-5-9(6-4-8)23-24-18-20-11-14(21-17(19)22-15(11)29)25(18)16-13(28)12(27)10(7-26)30-16/h3-6,10,12-13,16,26-28H,2,7H2,1H3,(H3,19,21,22,29)/b24-23+/t10-,12+,13?,16-/m1/s1. The summed E-state index contributed by atoms with van der Waals surface area (Å²) < 4.78 is 6.80. The van der Waals surface area contributed by atoms with Gasteiger partial charge in [0.05, 0.1) is 12.3 Å². The molecule has 0 amide bonds. The summed E-state index contributed by atoms with van der Waals surface area (Å²) in [7, 11) is 0. The van der Waals surface area contributed by atoms with Gasteiger partial charge in [0.2, 0.25) is 5.95 Å². The van der Waals surface area contributed by atoms with Crippen LogP contribution in [0, 0.1) is 0 Å². The summed E-state index contributed by atoms with van der Waals surface area (Å²) in [6.45, 7) is 1.52. The molecule has 1 aromatic carbocycles. The number of aliphatic hydroxyl groups is 3. The fourth-order valence-corrected chi connectivity index (χ4v) is 3.29. The number of anilines is 1. The number of nitrogens with zero attached hydrogens (tertiary/aromatic N) is 5. The van der Waals surface area contributed by atoms with Gasteiger partial charge >= 0.3 is 0 Å². The minimum absolute atomic E-state index is 0.00127. The van der Waals surface area contributed by atoms with Crippen molar-refractivity contribution in [1.29, 1.82) is 0 Å². The molecule has 1 unspecified atom stereocenters. The Hall–Kier alpha value is -3.19. The number of ether oxygens (including phenoxy) is 1. The number of azo groups is 1. The summed E-state index contributed by atoms with van der Waals surface area (Å²) in [6.07, 6.45) is -4.16. The van der Waals surface area contributed by atoms with E-state index in [1.807, 2.05) is 19.1 Å². The van der Waals surface area contributed by atoms with Crippen LogP contribution in [0.3, 0.4) is 0 Å². The first-order chi connectivity index (χ1) is 14.4. The van der Waals surface area contributed by atoms with Gasteiger partial charge in [0.25, 0.3) is 11.5 Å². The Morgan fingerprint density at radius 3 is 2.57 bits per heavy atom. The second-order valence-electron chi connectivity index (χ2n) is 6.85. The number of nitrogens with two attached hydrogens (primary N) is 1. The van der Waals surface area contributed by atoms with Gasteiger partial charge in [-0.15, -0.1) is 10.2 Å². The molecule has 1 aliphatic heterocycles. The van der Waals surface area contributed by atoms with Gasteiger partial charge in [-0.1, -0.05) is 19.1 Å². The number of aryl methyl sites for hydroxylation is 1. The molecule has 1 saturated heterocycles. The van der Waals surface area contributed by atoms with Gasteiger partial charge in [0.15, 0.2) is 17.4 Å². The zero-order valence-corrected chi connectivity index (χ0v) is 16.0. The SMILES string of the molecule is CCc1ccc(/N=N/c2nc3c(=O)[nH]c(N)nc3n2[C@@H]2O[C@H](CO)[C@H](O)C2O)cc1. The highest BCUT2D eigenvalue weighted by Crippen LogP contribution is 2.35. The van der Waals surface area contributed by atoms with E-state index in [0.29, 0.717) is 5.69 Å². The van der Waals surface area contributed by atoms with E-state index in [-0.39, 0.29) is 23.1 Å². The molecule has 12 heteroatoms. The van der Waals surface area contributed by atoms with Crippen LogP contribution in [0.1, 0.15) is 18.7 Å². The van der Waals surface area contributed by atoms with E-state index < -0.39 is 36.7 Å². The van der Waals surface area contributed by atoms with E-state index in [9.17, 15) is 20.1 Å². The Morgan fingerprint density at radius 2 is 1.93 bits per heavy atom. The van der Waals surface area contributed by atoms with Crippen molar-refractivity contribution in [3.05, 3.63) is 40.2 Å². The molecule has 1 fully saturated rings. The maximum Gasteiger partial charge on any atom is 0.280 e. The van der Waals surface area contributed by atoms with Crippen molar-refractivity contribution in [3.63, 3.8) is 0 Å². The van der Waals surface area contributed by atoms with Crippen molar-refractivity contribution in [2.45, 2.75) is 37.9 Å². The third-order valence-electron chi connectivity index (χ3n) is 4.92. The van der Waals surface area contributed by atoms with Gasteiger partial charge in [0.1, 0.15) is 18.3 Å². The first-order valence-corrected chi connectivity index (χ1v) is 9.33. The molecule has 0 radical (unpaired) electrons. The van der Waals surface area contributed by atoms with Gasteiger partial charge in [-0.25, -0.2) is 4.98 Å². The molecular weight excluding hydrogens is 394 g/mol. The fraction of sp³-hybridized carbons (Fsp3) is 0.389. The Morgan fingerprint density at radius 1 is 1.20 bits per heavy atom. The minimum Gasteiger partial charge on any atom is -0.394 e. The lowest BCUT2D eigenvalue weighted by molar-refractivity contribution is -0.0503. The van der Waals surface area contributed by atoms with Crippen LogP contribution in [-0.2, 0) is 11.2 Å². The van der Waals surface area contributed by atoms with Crippen LogP contribution in [0.15, 0.2) is 39.3 Å². The third kappa shape index (κ3) is 3.45. The van der Waals surface area contributed by atoms with Crippen molar-refractivity contribution in [2.24, 2.45) is 10.2 Å². The highest BCUT2D eigenvalue weighted by atomic mass is 16.6. The van der Waals surface area contributed by atoms with Gasteiger partial charge in [-0.2, -0.15) is 4.98 Å². The first kappa shape index (κ1) is 20.1. The number of rotatable bonds is 5. The number of hydrogen-bond acceptors (Lipinski definition) is 10. The van der Waals surface area contributed by atoms with E-state index in [2.05, 4.69) is 25.2 Å². The van der Waals surface area contributed by atoms with Crippen LogP contribution in [0.4, 0.5) is 17.6 Å². The molecule has 0 spiro atoms. The first-order valence-electron chi connectivity index (χ1n) is 9.33. The average molecular weight is 415 g/mol. The summed E-state index contributed by atoms with van der Waals surface area (Å²) in [4.78, 5) is 22.9. The molecule has 4 atom stereocenters. The molecule has 3 heterocycles. The molecule has 12 nitrogen and oxygen atoms in total. The van der Waals surface area contributed by atoms with E-state index in [1.165, 1.54) is 4.57 Å². The van der Waals surface area contributed by atoms with E-state index in [4.69, 9.17) is 10.5 Å². The van der Waals surface area contributed by atoms with Crippen molar-refractivity contribution in [3.8, 4) is 0 Å².